The Bertz CT molecular complexity index is 1590. The second kappa shape index (κ2) is 9.77. The number of fused-ring (bicyclic) bond motifs is 1. The molecule has 9 nitrogen and oxygen atoms in total. The molecule has 3 aromatic heterocycles. The first-order valence-corrected chi connectivity index (χ1v) is 12.7. The molecule has 1 N–H and O–H groups in total. The van der Waals surface area contributed by atoms with Crippen LogP contribution in [0.1, 0.15) is 19.4 Å². The van der Waals surface area contributed by atoms with Crippen molar-refractivity contribution >= 4 is 46.3 Å². The molecule has 0 saturated carbocycles. The van der Waals surface area contributed by atoms with Gasteiger partial charge in [-0.15, -0.1) is 10.2 Å². The first-order chi connectivity index (χ1) is 18.2. The number of hydrogen-bond donors (Lipinski definition) is 1. The summed E-state index contributed by atoms with van der Waals surface area (Å²) < 4.78 is 66.5. The number of nitrogens with zero attached hydrogens (tertiary/aromatic N) is 5. The molecule has 1 aliphatic heterocycles. The van der Waals surface area contributed by atoms with Gasteiger partial charge in [0.05, 0.1) is 28.3 Å². The number of rotatable bonds is 5. The molecule has 1 unspecified atom stereocenters. The number of imidazole rings is 1. The minimum Gasteiger partial charge on any atom is -0.488 e. The number of ether oxygens (including phenoxy) is 2. The second-order valence-corrected chi connectivity index (χ2v) is 10.8. The summed E-state index contributed by atoms with van der Waals surface area (Å²) in [6, 6.07) is 2.46. The van der Waals surface area contributed by atoms with E-state index >= 15 is 0 Å². The number of alkyl halides is 3. The number of carbonyl (C=O) groups is 1. The van der Waals surface area contributed by atoms with Gasteiger partial charge in [-0.05, 0) is 26.0 Å². The number of benzene rings is 1. The SMILES string of the molecule is CC1(C)OCC(COc2cc(Cl)c(-c3nnc(-c4cn5cc(C(F)(F)F)cc(Cl)c5n4)s3)cc2F)N1C(=O)O. The lowest BCUT2D eigenvalue weighted by Gasteiger charge is -2.30. The van der Waals surface area contributed by atoms with Gasteiger partial charge in [0.1, 0.15) is 23.0 Å². The quantitative estimate of drug-likeness (QED) is 0.260. The van der Waals surface area contributed by atoms with E-state index in [4.69, 9.17) is 32.7 Å². The number of amides is 1. The van der Waals surface area contributed by atoms with Gasteiger partial charge >= 0.3 is 12.3 Å². The number of carboxylic acid groups (broad SMARTS) is 1. The van der Waals surface area contributed by atoms with Crippen LogP contribution < -0.4 is 4.74 Å². The predicted octanol–water partition coefficient (Wildman–Crippen LogP) is 6.48. The molecule has 1 atom stereocenters. The third-order valence-corrected chi connectivity index (χ3v) is 7.51. The largest absolute Gasteiger partial charge is 0.488 e. The van der Waals surface area contributed by atoms with E-state index in [0.29, 0.717) is 0 Å². The zero-order valence-electron chi connectivity index (χ0n) is 20.0. The van der Waals surface area contributed by atoms with Gasteiger partial charge in [0.25, 0.3) is 0 Å². The van der Waals surface area contributed by atoms with Crippen LogP contribution >= 0.6 is 34.5 Å². The third-order valence-electron chi connectivity index (χ3n) is 5.94. The maximum atomic E-state index is 14.9. The van der Waals surface area contributed by atoms with Crippen LogP contribution in [-0.2, 0) is 10.9 Å². The fourth-order valence-corrected chi connectivity index (χ4v) is 5.52. The average Bonchev–Trinajstić information content (AvgIpc) is 3.55. The minimum atomic E-state index is -4.59. The molecule has 5 rings (SSSR count). The van der Waals surface area contributed by atoms with Gasteiger partial charge in [-0.1, -0.05) is 34.5 Å². The van der Waals surface area contributed by atoms with E-state index in [0.717, 1.165) is 39.0 Å². The van der Waals surface area contributed by atoms with Crippen molar-refractivity contribution in [2.45, 2.75) is 31.8 Å². The Morgan fingerprint density at radius 2 is 1.92 bits per heavy atom. The Kier molecular flexibility index (Phi) is 6.85. The van der Waals surface area contributed by atoms with Gasteiger partial charge < -0.3 is 19.0 Å². The normalized spacial score (nSPS) is 17.2. The first kappa shape index (κ1) is 27.4. The summed E-state index contributed by atoms with van der Waals surface area (Å²) in [5, 5.41) is 17.9. The van der Waals surface area contributed by atoms with Crippen molar-refractivity contribution in [2.75, 3.05) is 13.2 Å². The average molecular weight is 606 g/mol. The molecule has 1 aromatic carbocycles. The topological polar surface area (TPSA) is 102 Å². The molecule has 1 amide bonds. The molecule has 0 aliphatic carbocycles. The summed E-state index contributed by atoms with van der Waals surface area (Å²) >= 11 is 13.4. The lowest BCUT2D eigenvalue weighted by Crippen LogP contribution is -2.49. The van der Waals surface area contributed by atoms with Gasteiger partial charge in [0, 0.05) is 24.0 Å². The standard InChI is InChI=1S/C23H17Cl2F4N5O4S/c1-22(2)34(21(35)36)11(9-38-22)8-37-17-5-13(24)12(4-15(17)26)19-31-32-20(39-19)16-7-33-6-10(23(27,28)29)3-14(25)18(33)30-16/h3-7,11H,8-9H2,1-2H3,(H,35,36). The molecule has 1 fully saturated rings. The summed E-state index contributed by atoms with van der Waals surface area (Å²) in [6.45, 7) is 3.11. The summed E-state index contributed by atoms with van der Waals surface area (Å²) in [5.74, 6) is -0.968. The maximum absolute atomic E-state index is 14.9. The Morgan fingerprint density at radius 1 is 1.21 bits per heavy atom. The maximum Gasteiger partial charge on any atom is 0.417 e. The van der Waals surface area contributed by atoms with Crippen LogP contribution in [0.25, 0.3) is 26.9 Å². The van der Waals surface area contributed by atoms with Crippen molar-refractivity contribution in [2.24, 2.45) is 0 Å². The van der Waals surface area contributed by atoms with E-state index < -0.39 is 35.4 Å². The van der Waals surface area contributed by atoms with Gasteiger partial charge in [-0.3, -0.25) is 4.90 Å². The van der Waals surface area contributed by atoms with E-state index in [9.17, 15) is 27.5 Å². The van der Waals surface area contributed by atoms with Crippen molar-refractivity contribution in [3.05, 3.63) is 52.0 Å². The Morgan fingerprint density at radius 3 is 2.62 bits per heavy atom. The van der Waals surface area contributed by atoms with E-state index in [2.05, 4.69) is 15.2 Å². The third kappa shape index (κ3) is 5.21. The Balaban J connectivity index is 1.37. The Labute approximate surface area is 231 Å². The zero-order chi connectivity index (χ0) is 28.3. The number of pyridine rings is 1. The number of aromatic nitrogens is 4. The minimum absolute atomic E-state index is 0.0755. The summed E-state index contributed by atoms with van der Waals surface area (Å²) in [7, 11) is 0. The van der Waals surface area contributed by atoms with Gasteiger partial charge in [0.15, 0.2) is 22.2 Å². The fourth-order valence-electron chi connectivity index (χ4n) is 4.13. The number of halogens is 6. The molecular formula is C23H17Cl2F4N5O4S. The van der Waals surface area contributed by atoms with E-state index in [-0.39, 0.29) is 55.9 Å². The zero-order valence-corrected chi connectivity index (χ0v) is 22.3. The fraction of sp³-hybridized carbons (Fsp3) is 0.304. The lowest BCUT2D eigenvalue weighted by molar-refractivity contribution is -0.137. The first-order valence-electron chi connectivity index (χ1n) is 11.1. The number of hydrogen-bond acceptors (Lipinski definition) is 7. The van der Waals surface area contributed by atoms with Crippen molar-refractivity contribution in [3.8, 4) is 27.0 Å². The molecule has 4 aromatic rings. The van der Waals surface area contributed by atoms with Crippen molar-refractivity contribution in [3.63, 3.8) is 0 Å². The molecule has 206 valence electrons. The second-order valence-electron chi connectivity index (χ2n) is 8.98. The molecule has 1 aliphatic rings. The van der Waals surface area contributed by atoms with Gasteiger partial charge in [0.2, 0.25) is 0 Å². The monoisotopic (exact) mass is 605 g/mol. The molecule has 1 saturated heterocycles. The van der Waals surface area contributed by atoms with Gasteiger partial charge in [-0.25, -0.2) is 14.2 Å². The van der Waals surface area contributed by atoms with E-state index in [1.807, 2.05) is 0 Å². The van der Waals surface area contributed by atoms with Crippen LogP contribution in [0.2, 0.25) is 10.0 Å². The summed E-state index contributed by atoms with van der Waals surface area (Å²) in [6.07, 6.45) is -3.60. The molecule has 39 heavy (non-hydrogen) atoms. The van der Waals surface area contributed by atoms with Crippen molar-refractivity contribution in [1.29, 1.82) is 0 Å². The van der Waals surface area contributed by atoms with Crippen LogP contribution in [0.3, 0.4) is 0 Å². The van der Waals surface area contributed by atoms with E-state index in [1.54, 1.807) is 13.8 Å². The highest BCUT2D eigenvalue weighted by Crippen LogP contribution is 2.38. The molecule has 0 bridgehead atoms. The summed E-state index contributed by atoms with van der Waals surface area (Å²) in [5.41, 5.74) is -1.49. The van der Waals surface area contributed by atoms with Crippen molar-refractivity contribution < 1.29 is 36.9 Å². The molecule has 0 spiro atoms. The summed E-state index contributed by atoms with van der Waals surface area (Å²) in [4.78, 5) is 17.0. The highest BCUT2D eigenvalue weighted by molar-refractivity contribution is 7.18. The van der Waals surface area contributed by atoms with Crippen molar-refractivity contribution in [1.82, 2.24) is 24.5 Å². The molecule has 16 heteroatoms. The van der Waals surface area contributed by atoms with Crippen LogP contribution in [0, 0.1) is 5.82 Å². The smallest absolute Gasteiger partial charge is 0.417 e. The van der Waals surface area contributed by atoms with Crippen LogP contribution in [0.15, 0.2) is 30.6 Å². The van der Waals surface area contributed by atoms with Crippen LogP contribution in [0.4, 0.5) is 22.4 Å². The Hall–Kier alpha value is -3.20. The predicted molar refractivity (Wildman–Crippen MR) is 134 cm³/mol. The van der Waals surface area contributed by atoms with E-state index in [1.165, 1.54) is 12.3 Å². The molecular weight excluding hydrogens is 589 g/mol. The highest BCUT2D eigenvalue weighted by atomic mass is 35.5. The molecule has 4 heterocycles. The van der Waals surface area contributed by atoms with Gasteiger partial charge in [-0.2, -0.15) is 13.2 Å². The lowest BCUT2D eigenvalue weighted by atomic mass is 10.2. The van der Waals surface area contributed by atoms with Crippen LogP contribution in [0.5, 0.6) is 5.75 Å². The highest BCUT2D eigenvalue weighted by Gasteiger charge is 2.44. The molecule has 0 radical (unpaired) electrons. The van der Waals surface area contributed by atoms with Crippen LogP contribution in [-0.4, -0.2) is 60.7 Å².